The van der Waals surface area contributed by atoms with Crippen LogP contribution in [0.1, 0.15) is 53.4 Å². The Bertz CT molecular complexity index is 572. The number of hydrogen-bond acceptors (Lipinski definition) is 4. The predicted molar refractivity (Wildman–Crippen MR) is 94.3 cm³/mol. The van der Waals surface area contributed by atoms with Gasteiger partial charge in [-0.15, -0.1) is 6.58 Å². The second-order valence-corrected chi connectivity index (χ2v) is 8.81. The van der Waals surface area contributed by atoms with Crippen molar-refractivity contribution < 1.29 is 32.6 Å². The van der Waals surface area contributed by atoms with Crippen LogP contribution in [0.25, 0.3) is 0 Å². The maximum atomic E-state index is 11.7. The maximum Gasteiger partial charge on any atom is 0.481 e. The Labute approximate surface area is 143 Å². The van der Waals surface area contributed by atoms with E-state index in [9.17, 15) is 14.0 Å². The summed E-state index contributed by atoms with van der Waals surface area (Å²) in [5, 5.41) is 0. The average molecular weight is 382 g/mol. The molecule has 0 spiro atoms. The van der Waals surface area contributed by atoms with Crippen LogP contribution in [0.4, 0.5) is 0 Å². The number of hydrogen-bond donors (Lipinski definition) is 3. The van der Waals surface area contributed by atoms with Crippen molar-refractivity contribution in [3.63, 3.8) is 0 Å². The molecule has 0 aliphatic rings. The molecule has 9 heteroatoms. The van der Waals surface area contributed by atoms with Gasteiger partial charge in [-0.05, 0) is 53.4 Å². The van der Waals surface area contributed by atoms with E-state index in [0.29, 0.717) is 12.8 Å². The molecule has 24 heavy (non-hydrogen) atoms. The summed E-state index contributed by atoms with van der Waals surface area (Å²) in [6.45, 7) is 11.1. The van der Waals surface area contributed by atoms with Crippen LogP contribution in [0.3, 0.4) is 0 Å². The highest BCUT2D eigenvalue weighted by Gasteiger charge is 2.38. The maximum absolute atomic E-state index is 11.7. The van der Waals surface area contributed by atoms with Crippen LogP contribution in [-0.4, -0.2) is 20.3 Å². The summed E-state index contributed by atoms with van der Waals surface area (Å²) in [6.07, 6.45) is 8.18. The zero-order valence-corrected chi connectivity index (χ0v) is 16.4. The lowest BCUT2D eigenvalue weighted by atomic mass is 9.99. The van der Waals surface area contributed by atoms with E-state index in [1.54, 1.807) is 0 Å². The summed E-state index contributed by atoms with van der Waals surface area (Å²) < 4.78 is 31.0. The van der Waals surface area contributed by atoms with Crippen molar-refractivity contribution in [2.45, 2.75) is 59.0 Å². The van der Waals surface area contributed by atoms with Gasteiger partial charge >= 0.3 is 15.6 Å². The molecule has 3 N–H and O–H groups in total. The lowest BCUT2D eigenvalue weighted by molar-refractivity contribution is 0.0803. The van der Waals surface area contributed by atoms with Gasteiger partial charge in [0.2, 0.25) is 0 Å². The van der Waals surface area contributed by atoms with Crippen LogP contribution < -0.4 is 0 Å². The van der Waals surface area contributed by atoms with Gasteiger partial charge in [0.15, 0.2) is 0 Å². The van der Waals surface area contributed by atoms with Gasteiger partial charge in [0.25, 0.3) is 0 Å². The van der Waals surface area contributed by atoms with Crippen LogP contribution in [0.15, 0.2) is 36.0 Å². The van der Waals surface area contributed by atoms with E-state index >= 15 is 0 Å². The zero-order valence-electron chi connectivity index (χ0n) is 14.6. The largest absolute Gasteiger partial charge is 0.481 e. The number of rotatable bonds is 11. The molecule has 2 atom stereocenters. The van der Waals surface area contributed by atoms with Gasteiger partial charge in [-0.25, -0.2) is 9.13 Å². The highest BCUT2D eigenvalue weighted by Crippen LogP contribution is 2.59. The van der Waals surface area contributed by atoms with Crippen molar-refractivity contribution >= 4 is 15.6 Å². The molecule has 0 fully saturated rings. The first-order valence-corrected chi connectivity index (χ1v) is 10.5. The first kappa shape index (κ1) is 23.5. The molecule has 0 aromatic carbocycles. The highest BCUT2D eigenvalue weighted by molar-refractivity contribution is 7.60. The normalized spacial score (nSPS) is 17.7. The monoisotopic (exact) mass is 382 g/mol. The van der Waals surface area contributed by atoms with E-state index in [2.05, 4.69) is 17.0 Å². The summed E-state index contributed by atoms with van der Waals surface area (Å²) in [7, 11) is -10.0. The molecule has 0 saturated heterocycles. The average Bonchev–Trinajstić information content (AvgIpc) is 2.34. The molecule has 0 aromatic rings. The molecular weight excluding hydrogens is 354 g/mol. The van der Waals surface area contributed by atoms with E-state index in [4.69, 9.17) is 14.3 Å². The molecule has 0 heterocycles. The predicted octanol–water partition coefficient (Wildman–Crippen LogP) is 4.63. The molecule has 0 saturated carbocycles. The van der Waals surface area contributed by atoms with Gasteiger partial charge in [0.05, 0.1) is 5.60 Å². The van der Waals surface area contributed by atoms with Crippen LogP contribution in [-0.2, 0) is 18.0 Å². The van der Waals surface area contributed by atoms with Crippen LogP contribution in [0.2, 0.25) is 0 Å². The summed E-state index contributed by atoms with van der Waals surface area (Å²) >= 11 is 0. The van der Waals surface area contributed by atoms with Crippen molar-refractivity contribution in [3.05, 3.63) is 36.0 Å². The summed E-state index contributed by atoms with van der Waals surface area (Å²) in [4.78, 5) is 26.7. The minimum Gasteiger partial charge on any atom is -0.302 e. The molecule has 0 rings (SSSR count). The van der Waals surface area contributed by atoms with Gasteiger partial charge in [0, 0.05) is 0 Å². The fourth-order valence-electron chi connectivity index (χ4n) is 1.90. The molecule has 0 radical (unpaired) electrons. The Hall–Kier alpha value is -0.520. The van der Waals surface area contributed by atoms with E-state index < -0.39 is 21.2 Å². The van der Waals surface area contributed by atoms with Crippen molar-refractivity contribution in [1.82, 2.24) is 0 Å². The zero-order chi connectivity index (χ0) is 19.0. The topological polar surface area (TPSA) is 113 Å². The van der Waals surface area contributed by atoms with Crippen molar-refractivity contribution in [3.8, 4) is 0 Å². The van der Waals surface area contributed by atoms with E-state index in [1.165, 1.54) is 24.1 Å². The van der Waals surface area contributed by atoms with Crippen LogP contribution in [0.5, 0.6) is 0 Å². The standard InChI is InChI=1S/C15H28O7P2/c1-6-15(5,21-24(19,20)22-23(16,17)18)12-8-11-14(4)10-7-9-13(2)3/h6,9,11H,1,7-8,10,12H2,2-5H3,(H,19,20)(H2,16,17,18)/t15-/m1/s1. The first-order valence-electron chi connectivity index (χ1n) is 7.51. The Balaban J connectivity index is 4.68. The third-order valence-corrected chi connectivity index (χ3v) is 5.51. The Morgan fingerprint density at radius 3 is 2.17 bits per heavy atom. The van der Waals surface area contributed by atoms with Gasteiger partial charge < -0.3 is 14.7 Å². The number of allylic oxidation sites excluding steroid dienone is 4. The number of phosphoric acid groups is 2. The number of phosphoric ester groups is 1. The van der Waals surface area contributed by atoms with Gasteiger partial charge in [-0.2, -0.15) is 4.31 Å². The van der Waals surface area contributed by atoms with Crippen molar-refractivity contribution in [2.24, 2.45) is 0 Å². The van der Waals surface area contributed by atoms with Gasteiger partial charge in [-0.3, -0.25) is 4.52 Å². The third-order valence-electron chi connectivity index (χ3n) is 3.19. The summed E-state index contributed by atoms with van der Waals surface area (Å²) in [5.41, 5.74) is 1.19. The third kappa shape index (κ3) is 11.9. The fraction of sp³-hybridized carbons (Fsp3) is 0.600. The lowest BCUT2D eigenvalue weighted by Gasteiger charge is -2.27. The van der Waals surface area contributed by atoms with E-state index in [0.717, 1.165) is 12.8 Å². The molecule has 0 aliphatic heterocycles. The molecule has 0 aliphatic carbocycles. The second kappa shape index (κ2) is 9.83. The van der Waals surface area contributed by atoms with E-state index in [-0.39, 0.29) is 0 Å². The minimum atomic E-state index is -5.14. The molecule has 0 aromatic heterocycles. The van der Waals surface area contributed by atoms with E-state index in [1.807, 2.05) is 26.8 Å². The summed E-state index contributed by atoms with van der Waals surface area (Å²) in [6, 6.07) is 0. The van der Waals surface area contributed by atoms with Crippen molar-refractivity contribution in [2.75, 3.05) is 0 Å². The molecule has 0 bridgehead atoms. The molecular formula is C15H28O7P2. The lowest BCUT2D eigenvalue weighted by Crippen LogP contribution is -2.24. The fourth-order valence-corrected chi connectivity index (χ4v) is 3.80. The first-order chi connectivity index (χ1) is 10.8. The highest BCUT2D eigenvalue weighted by atomic mass is 31.3. The Kier molecular flexibility index (Phi) is 9.62. The smallest absolute Gasteiger partial charge is 0.302 e. The minimum absolute atomic E-state index is 0.311. The Morgan fingerprint density at radius 1 is 1.12 bits per heavy atom. The van der Waals surface area contributed by atoms with Crippen LogP contribution in [0, 0.1) is 0 Å². The van der Waals surface area contributed by atoms with Gasteiger partial charge in [-0.1, -0.05) is 29.4 Å². The summed E-state index contributed by atoms with van der Waals surface area (Å²) in [5.74, 6) is 0. The van der Waals surface area contributed by atoms with Crippen molar-refractivity contribution in [1.29, 1.82) is 0 Å². The van der Waals surface area contributed by atoms with Gasteiger partial charge in [0.1, 0.15) is 0 Å². The SMILES string of the molecule is C=C[C@](C)(CCC=C(C)CCC=C(C)C)OP(=O)(O)OP(=O)(O)O. The molecule has 7 nitrogen and oxygen atoms in total. The molecule has 0 amide bonds. The quantitative estimate of drug-likeness (QED) is 0.353. The second-order valence-electron chi connectivity index (χ2n) is 6.06. The van der Waals surface area contributed by atoms with Crippen LogP contribution >= 0.6 is 15.6 Å². The Morgan fingerprint density at radius 2 is 1.71 bits per heavy atom. The molecule has 1 unspecified atom stereocenters. The molecule has 140 valence electrons.